The van der Waals surface area contributed by atoms with Gasteiger partial charge in [-0.05, 0) is 30.5 Å². The van der Waals surface area contributed by atoms with E-state index in [2.05, 4.69) is 0 Å². The molecule has 112 valence electrons. The average Bonchev–Trinajstić information content (AvgIpc) is 2.41. The van der Waals surface area contributed by atoms with Crippen LogP contribution in [0.2, 0.25) is 5.02 Å². The highest BCUT2D eigenvalue weighted by atomic mass is 35.5. The molecule has 0 amide bonds. The van der Waals surface area contributed by atoms with Gasteiger partial charge in [-0.15, -0.1) is 0 Å². The summed E-state index contributed by atoms with van der Waals surface area (Å²) in [6, 6.07) is 7.54. The van der Waals surface area contributed by atoms with E-state index >= 15 is 0 Å². The summed E-state index contributed by atoms with van der Waals surface area (Å²) in [5.74, 6) is -0.0164. The molecule has 1 saturated heterocycles. The summed E-state index contributed by atoms with van der Waals surface area (Å²) in [6.07, 6.45) is 1.24. The maximum atomic E-state index is 12.4. The summed E-state index contributed by atoms with van der Waals surface area (Å²) in [5.41, 5.74) is 1.09. The van der Waals surface area contributed by atoms with Crippen LogP contribution in [0.5, 0.6) is 0 Å². The van der Waals surface area contributed by atoms with Crippen LogP contribution in [0, 0.1) is 5.92 Å². The first-order valence-corrected chi connectivity index (χ1v) is 8.53. The average molecular weight is 318 g/mol. The Balaban J connectivity index is 2.17. The second-order valence-corrected chi connectivity index (χ2v) is 8.12. The van der Waals surface area contributed by atoms with Crippen molar-refractivity contribution in [3.8, 4) is 0 Å². The lowest BCUT2D eigenvalue weighted by Gasteiger charge is -2.33. The van der Waals surface area contributed by atoms with Gasteiger partial charge in [0, 0.05) is 31.6 Å². The van der Waals surface area contributed by atoms with E-state index < -0.39 is 10.0 Å². The first kappa shape index (κ1) is 15.8. The Kier molecular flexibility index (Phi) is 5.07. The lowest BCUT2D eigenvalue weighted by molar-refractivity contribution is 0.0563. The highest BCUT2D eigenvalue weighted by Gasteiger charge is 2.37. The van der Waals surface area contributed by atoms with Gasteiger partial charge in [-0.2, -0.15) is 0 Å². The van der Waals surface area contributed by atoms with Crippen molar-refractivity contribution in [1.29, 1.82) is 0 Å². The van der Waals surface area contributed by atoms with Gasteiger partial charge >= 0.3 is 0 Å². The zero-order chi connectivity index (χ0) is 14.8. The molecule has 0 radical (unpaired) electrons. The molecule has 1 aromatic carbocycles. The number of nitrogens with zero attached hydrogens (tertiary/aromatic N) is 1. The van der Waals surface area contributed by atoms with Crippen LogP contribution in [0.15, 0.2) is 24.3 Å². The Hall–Kier alpha value is -0.620. The SMILES string of the molecule is CN(C)S(=O)(=O)[C@@H]1CCOC[C@@H]1Cc1ccc(Cl)cc1. The molecule has 0 unspecified atom stereocenters. The first-order valence-electron chi connectivity index (χ1n) is 6.65. The number of rotatable bonds is 4. The normalized spacial score (nSPS) is 24.0. The van der Waals surface area contributed by atoms with Crippen LogP contribution >= 0.6 is 11.6 Å². The number of halogens is 1. The van der Waals surface area contributed by atoms with Crippen molar-refractivity contribution in [3.63, 3.8) is 0 Å². The predicted molar refractivity (Wildman–Crippen MR) is 80.5 cm³/mol. The Morgan fingerprint density at radius 2 is 1.95 bits per heavy atom. The van der Waals surface area contributed by atoms with Gasteiger partial charge in [0.05, 0.1) is 11.9 Å². The Labute approximate surface area is 125 Å². The van der Waals surface area contributed by atoms with E-state index in [1.54, 1.807) is 14.1 Å². The van der Waals surface area contributed by atoms with Gasteiger partial charge < -0.3 is 4.74 Å². The molecule has 20 heavy (non-hydrogen) atoms. The summed E-state index contributed by atoms with van der Waals surface area (Å²) >= 11 is 5.87. The molecule has 2 atom stereocenters. The van der Waals surface area contributed by atoms with E-state index in [0.717, 1.165) is 5.56 Å². The van der Waals surface area contributed by atoms with Gasteiger partial charge in [-0.3, -0.25) is 0 Å². The molecule has 0 saturated carbocycles. The van der Waals surface area contributed by atoms with Crippen molar-refractivity contribution in [1.82, 2.24) is 4.31 Å². The lowest BCUT2D eigenvalue weighted by Crippen LogP contribution is -2.44. The molecule has 4 nitrogen and oxygen atoms in total. The van der Waals surface area contributed by atoms with Crippen LogP contribution in [0.3, 0.4) is 0 Å². The van der Waals surface area contributed by atoms with Crippen molar-refractivity contribution in [2.75, 3.05) is 27.3 Å². The van der Waals surface area contributed by atoms with Gasteiger partial charge in [0.1, 0.15) is 0 Å². The van der Waals surface area contributed by atoms with Crippen molar-refractivity contribution >= 4 is 21.6 Å². The van der Waals surface area contributed by atoms with Crippen molar-refractivity contribution in [3.05, 3.63) is 34.9 Å². The second-order valence-electron chi connectivity index (χ2n) is 5.32. The van der Waals surface area contributed by atoms with Crippen LogP contribution in [0.1, 0.15) is 12.0 Å². The molecule has 1 aliphatic heterocycles. The molecule has 0 bridgehead atoms. The van der Waals surface area contributed by atoms with Crippen molar-refractivity contribution < 1.29 is 13.2 Å². The standard InChI is InChI=1S/C14H20ClNO3S/c1-16(2)20(17,18)14-7-8-19-10-12(14)9-11-3-5-13(15)6-4-11/h3-6,12,14H,7-10H2,1-2H3/t12-,14+/m0/s1. The smallest absolute Gasteiger partial charge is 0.216 e. The third kappa shape index (κ3) is 3.52. The molecule has 0 aromatic heterocycles. The second kappa shape index (κ2) is 6.43. The predicted octanol–water partition coefficient (Wildman–Crippen LogP) is 2.18. The van der Waals surface area contributed by atoms with Crippen LogP contribution in [-0.4, -0.2) is 45.3 Å². The molecule has 1 fully saturated rings. The summed E-state index contributed by atoms with van der Waals surface area (Å²) in [5, 5.41) is 0.313. The Morgan fingerprint density at radius 3 is 2.55 bits per heavy atom. The third-order valence-corrected chi connectivity index (χ3v) is 6.36. The molecule has 1 aliphatic rings. The number of ether oxygens (including phenoxy) is 1. The molecule has 0 aliphatic carbocycles. The molecule has 2 rings (SSSR count). The van der Waals surface area contributed by atoms with E-state index in [9.17, 15) is 8.42 Å². The fourth-order valence-electron chi connectivity index (χ4n) is 2.55. The zero-order valence-electron chi connectivity index (χ0n) is 11.8. The molecule has 6 heteroatoms. The minimum Gasteiger partial charge on any atom is -0.381 e. The van der Waals surface area contributed by atoms with E-state index in [1.807, 2.05) is 24.3 Å². The molecule has 1 heterocycles. The quantitative estimate of drug-likeness (QED) is 0.855. The van der Waals surface area contributed by atoms with Crippen LogP contribution in [-0.2, 0) is 21.2 Å². The maximum Gasteiger partial charge on any atom is 0.216 e. The number of benzene rings is 1. The summed E-state index contributed by atoms with van der Waals surface area (Å²) < 4.78 is 31.6. The maximum absolute atomic E-state index is 12.4. The minimum atomic E-state index is -3.25. The van der Waals surface area contributed by atoms with Gasteiger partial charge in [0.15, 0.2) is 0 Å². The molecule has 1 aromatic rings. The summed E-state index contributed by atoms with van der Waals surface area (Å²) in [6.45, 7) is 0.995. The lowest BCUT2D eigenvalue weighted by atomic mass is 9.94. The van der Waals surface area contributed by atoms with Crippen molar-refractivity contribution in [2.45, 2.75) is 18.1 Å². The number of hydrogen-bond acceptors (Lipinski definition) is 3. The molecular weight excluding hydrogens is 298 g/mol. The fourth-order valence-corrected chi connectivity index (χ4v) is 4.28. The molecular formula is C14H20ClNO3S. The van der Waals surface area contributed by atoms with Gasteiger partial charge in [-0.25, -0.2) is 12.7 Å². The van der Waals surface area contributed by atoms with Crippen LogP contribution < -0.4 is 0 Å². The first-order chi connectivity index (χ1) is 9.41. The van der Waals surface area contributed by atoms with Crippen LogP contribution in [0.25, 0.3) is 0 Å². The molecule has 0 N–H and O–H groups in total. The van der Waals surface area contributed by atoms with E-state index in [4.69, 9.17) is 16.3 Å². The highest BCUT2D eigenvalue weighted by molar-refractivity contribution is 7.89. The fraction of sp³-hybridized carbons (Fsp3) is 0.571. The molecule has 0 spiro atoms. The van der Waals surface area contributed by atoms with E-state index in [0.29, 0.717) is 31.1 Å². The minimum absolute atomic E-state index is 0.0164. The largest absolute Gasteiger partial charge is 0.381 e. The Bertz CT molecular complexity index is 542. The number of hydrogen-bond donors (Lipinski definition) is 0. The zero-order valence-corrected chi connectivity index (χ0v) is 13.3. The van der Waals surface area contributed by atoms with Crippen molar-refractivity contribution in [2.24, 2.45) is 5.92 Å². The monoisotopic (exact) mass is 317 g/mol. The van der Waals surface area contributed by atoms with Gasteiger partial charge in [0.2, 0.25) is 10.0 Å². The summed E-state index contributed by atoms with van der Waals surface area (Å²) in [7, 11) is -0.0752. The van der Waals surface area contributed by atoms with Crippen LogP contribution in [0.4, 0.5) is 0 Å². The third-order valence-electron chi connectivity index (χ3n) is 3.71. The van der Waals surface area contributed by atoms with Gasteiger partial charge in [-0.1, -0.05) is 23.7 Å². The number of sulfonamides is 1. The summed E-state index contributed by atoms with van der Waals surface area (Å²) in [4.78, 5) is 0. The van der Waals surface area contributed by atoms with Gasteiger partial charge in [0.25, 0.3) is 0 Å². The van der Waals surface area contributed by atoms with E-state index in [1.165, 1.54) is 4.31 Å². The Morgan fingerprint density at radius 1 is 1.30 bits per heavy atom. The topological polar surface area (TPSA) is 46.6 Å². The highest BCUT2D eigenvalue weighted by Crippen LogP contribution is 2.27. The van der Waals surface area contributed by atoms with E-state index in [-0.39, 0.29) is 11.2 Å².